The molecule has 1 fully saturated rings. The number of rotatable bonds is 10. The lowest BCUT2D eigenvalue weighted by Gasteiger charge is -2.28. The largest absolute Gasteiger partial charge is 0.490 e. The third-order valence-corrected chi connectivity index (χ3v) is 6.54. The van der Waals surface area contributed by atoms with Crippen molar-refractivity contribution in [1.29, 1.82) is 0 Å². The minimum Gasteiger partial charge on any atom is -0.490 e. The van der Waals surface area contributed by atoms with Gasteiger partial charge in [0.15, 0.2) is 11.6 Å². The Bertz CT molecular complexity index is 776. The van der Waals surface area contributed by atoms with E-state index in [0.29, 0.717) is 23.7 Å². The van der Waals surface area contributed by atoms with Crippen molar-refractivity contribution in [3.8, 4) is 16.9 Å². The molecular formula is C27H36F2O. The minimum atomic E-state index is -0.888. The molecule has 3 heteroatoms. The number of hydrogen-bond donors (Lipinski definition) is 0. The van der Waals surface area contributed by atoms with Crippen LogP contribution in [-0.2, 0) is 0 Å². The summed E-state index contributed by atoms with van der Waals surface area (Å²) in [7, 11) is 0. The van der Waals surface area contributed by atoms with Crippen LogP contribution in [0.15, 0.2) is 36.4 Å². The second kappa shape index (κ2) is 11.5. The van der Waals surface area contributed by atoms with Gasteiger partial charge in [-0.3, -0.25) is 0 Å². The molecule has 1 aliphatic rings. The van der Waals surface area contributed by atoms with Crippen LogP contribution in [0.2, 0.25) is 0 Å². The highest BCUT2D eigenvalue weighted by atomic mass is 19.2. The molecule has 0 atom stereocenters. The van der Waals surface area contributed by atoms with Gasteiger partial charge in [0, 0.05) is 5.56 Å². The van der Waals surface area contributed by atoms with Gasteiger partial charge >= 0.3 is 0 Å². The zero-order valence-corrected chi connectivity index (χ0v) is 18.6. The topological polar surface area (TPSA) is 9.23 Å². The molecule has 1 saturated carbocycles. The molecule has 0 aromatic heterocycles. The summed E-state index contributed by atoms with van der Waals surface area (Å²) < 4.78 is 34.7. The SMILES string of the molecule is CCCCCCOc1ccc(-c2ccc(C3CCC(CCC)CC3)cc2)c(F)c1F. The maximum Gasteiger partial charge on any atom is 0.201 e. The Kier molecular flexibility index (Phi) is 8.72. The van der Waals surface area contributed by atoms with E-state index in [9.17, 15) is 8.78 Å². The smallest absolute Gasteiger partial charge is 0.201 e. The summed E-state index contributed by atoms with van der Waals surface area (Å²) in [5.74, 6) is -0.226. The fraction of sp³-hybridized carbons (Fsp3) is 0.556. The van der Waals surface area contributed by atoms with Gasteiger partial charge in [0.2, 0.25) is 5.82 Å². The molecule has 0 N–H and O–H groups in total. The third-order valence-electron chi connectivity index (χ3n) is 6.54. The normalized spacial score (nSPS) is 19.1. The van der Waals surface area contributed by atoms with Gasteiger partial charge in [0.1, 0.15) is 0 Å². The second-order valence-electron chi connectivity index (χ2n) is 8.78. The second-order valence-corrected chi connectivity index (χ2v) is 8.78. The zero-order chi connectivity index (χ0) is 21.3. The van der Waals surface area contributed by atoms with E-state index in [2.05, 4.69) is 26.0 Å². The summed E-state index contributed by atoms with van der Waals surface area (Å²) in [6, 6.07) is 11.2. The summed E-state index contributed by atoms with van der Waals surface area (Å²) in [5, 5.41) is 0. The lowest BCUT2D eigenvalue weighted by atomic mass is 9.77. The van der Waals surface area contributed by atoms with Crippen LogP contribution in [0.3, 0.4) is 0 Å². The van der Waals surface area contributed by atoms with Crippen molar-refractivity contribution in [3.05, 3.63) is 53.6 Å². The van der Waals surface area contributed by atoms with Gasteiger partial charge in [-0.25, -0.2) is 4.39 Å². The average Bonchev–Trinajstić information content (AvgIpc) is 2.77. The van der Waals surface area contributed by atoms with Gasteiger partial charge in [-0.2, -0.15) is 4.39 Å². The fourth-order valence-electron chi connectivity index (χ4n) is 4.70. The van der Waals surface area contributed by atoms with Crippen molar-refractivity contribution < 1.29 is 13.5 Å². The summed E-state index contributed by atoms with van der Waals surface area (Å²) in [4.78, 5) is 0. The van der Waals surface area contributed by atoms with Gasteiger partial charge in [0.05, 0.1) is 6.61 Å². The highest BCUT2D eigenvalue weighted by Gasteiger charge is 2.22. The molecular weight excluding hydrogens is 378 g/mol. The van der Waals surface area contributed by atoms with E-state index in [4.69, 9.17) is 4.74 Å². The Morgan fingerprint density at radius 1 is 0.800 bits per heavy atom. The zero-order valence-electron chi connectivity index (χ0n) is 18.6. The molecule has 0 aliphatic heterocycles. The molecule has 164 valence electrons. The molecule has 0 saturated heterocycles. The van der Waals surface area contributed by atoms with Crippen LogP contribution >= 0.6 is 0 Å². The number of ether oxygens (including phenoxy) is 1. The van der Waals surface area contributed by atoms with Crippen LogP contribution in [0.25, 0.3) is 11.1 Å². The van der Waals surface area contributed by atoms with Crippen molar-refractivity contribution in [3.63, 3.8) is 0 Å². The Balaban J connectivity index is 1.62. The van der Waals surface area contributed by atoms with Crippen molar-refractivity contribution in [2.75, 3.05) is 6.61 Å². The van der Waals surface area contributed by atoms with Crippen LogP contribution in [0.1, 0.15) is 89.5 Å². The summed E-state index contributed by atoms with van der Waals surface area (Å²) in [6.07, 6.45) is 11.9. The predicted octanol–water partition coefficient (Wildman–Crippen LogP) is 8.66. The Morgan fingerprint density at radius 2 is 1.53 bits per heavy atom. The minimum absolute atomic E-state index is 0.00760. The quantitative estimate of drug-likeness (QED) is 0.353. The van der Waals surface area contributed by atoms with Crippen molar-refractivity contribution >= 4 is 0 Å². The molecule has 1 aliphatic carbocycles. The number of halogens is 2. The number of unbranched alkanes of at least 4 members (excludes halogenated alkanes) is 3. The van der Waals surface area contributed by atoms with E-state index in [1.807, 2.05) is 12.1 Å². The van der Waals surface area contributed by atoms with Gasteiger partial charge in [0.25, 0.3) is 0 Å². The van der Waals surface area contributed by atoms with Crippen molar-refractivity contribution in [1.82, 2.24) is 0 Å². The van der Waals surface area contributed by atoms with Crippen LogP contribution in [0.4, 0.5) is 8.78 Å². The fourth-order valence-corrected chi connectivity index (χ4v) is 4.70. The molecule has 0 radical (unpaired) electrons. The van der Waals surface area contributed by atoms with Crippen LogP contribution < -0.4 is 4.74 Å². The molecule has 0 spiro atoms. The maximum absolute atomic E-state index is 14.7. The first-order valence-corrected chi connectivity index (χ1v) is 11.8. The molecule has 2 aromatic rings. The highest BCUT2D eigenvalue weighted by Crippen LogP contribution is 2.38. The molecule has 30 heavy (non-hydrogen) atoms. The van der Waals surface area contributed by atoms with Crippen molar-refractivity contribution in [2.45, 2.75) is 84.0 Å². The molecule has 0 amide bonds. The van der Waals surface area contributed by atoms with Gasteiger partial charge < -0.3 is 4.74 Å². The predicted molar refractivity (Wildman–Crippen MR) is 121 cm³/mol. The first-order valence-electron chi connectivity index (χ1n) is 11.8. The van der Waals surface area contributed by atoms with Gasteiger partial charge in [-0.1, -0.05) is 70.2 Å². The van der Waals surface area contributed by atoms with E-state index in [1.54, 1.807) is 12.1 Å². The third kappa shape index (κ3) is 5.83. The highest BCUT2D eigenvalue weighted by molar-refractivity contribution is 5.65. The van der Waals surface area contributed by atoms with Crippen LogP contribution in [0, 0.1) is 17.6 Å². The van der Waals surface area contributed by atoms with Crippen LogP contribution in [-0.4, -0.2) is 6.61 Å². The van der Waals surface area contributed by atoms with E-state index >= 15 is 0 Å². The number of hydrogen-bond acceptors (Lipinski definition) is 1. The van der Waals surface area contributed by atoms with Gasteiger partial charge in [-0.05, 0) is 67.2 Å². The Hall–Kier alpha value is -1.90. The monoisotopic (exact) mass is 414 g/mol. The molecule has 2 aromatic carbocycles. The Labute approximate surface area is 180 Å². The maximum atomic E-state index is 14.7. The summed E-state index contributed by atoms with van der Waals surface area (Å²) in [5.41, 5.74) is 2.33. The summed E-state index contributed by atoms with van der Waals surface area (Å²) in [6.45, 7) is 4.82. The first-order chi connectivity index (χ1) is 14.6. The lowest BCUT2D eigenvalue weighted by Crippen LogP contribution is -2.13. The van der Waals surface area contributed by atoms with E-state index in [0.717, 1.165) is 31.6 Å². The first kappa shape index (κ1) is 22.8. The standard InChI is InChI=1S/C27H36F2O/c1-3-5-6-7-19-30-25-18-17-24(26(28)27(25)29)23-15-13-22(14-16-23)21-11-9-20(8-4-2)10-12-21/h13-18,20-21H,3-12,19H2,1-2H3. The van der Waals surface area contributed by atoms with E-state index < -0.39 is 11.6 Å². The molecule has 0 bridgehead atoms. The lowest BCUT2D eigenvalue weighted by molar-refractivity contribution is 0.285. The van der Waals surface area contributed by atoms with Crippen LogP contribution in [0.5, 0.6) is 5.75 Å². The van der Waals surface area contributed by atoms with E-state index in [-0.39, 0.29) is 5.75 Å². The van der Waals surface area contributed by atoms with E-state index in [1.165, 1.54) is 44.1 Å². The molecule has 3 rings (SSSR count). The summed E-state index contributed by atoms with van der Waals surface area (Å²) >= 11 is 0. The van der Waals surface area contributed by atoms with Crippen molar-refractivity contribution in [2.24, 2.45) is 5.92 Å². The Morgan fingerprint density at radius 3 is 2.20 bits per heavy atom. The molecule has 1 nitrogen and oxygen atoms in total. The molecule has 0 unspecified atom stereocenters. The number of benzene rings is 2. The average molecular weight is 415 g/mol. The molecule has 0 heterocycles. The van der Waals surface area contributed by atoms with Gasteiger partial charge in [-0.15, -0.1) is 0 Å².